The second-order valence-electron chi connectivity index (χ2n) is 9.58. The molecule has 0 bridgehead atoms. The van der Waals surface area contributed by atoms with Crippen LogP contribution in [0, 0.1) is 0 Å². The minimum atomic E-state index is -0.708. The SMILES string of the molecule is NC(OC(N)c1ccc2c(c1)Oc1ccccc1C21c2ccccc2-c2ccccc21)c1ccccc1. The van der Waals surface area contributed by atoms with Crippen LogP contribution in [0.15, 0.2) is 121 Å². The molecule has 5 aromatic rings. The molecule has 0 radical (unpaired) electrons. The van der Waals surface area contributed by atoms with Gasteiger partial charge >= 0.3 is 0 Å². The van der Waals surface area contributed by atoms with Crippen molar-refractivity contribution in [2.24, 2.45) is 11.5 Å². The molecule has 7 rings (SSSR count). The first kappa shape index (κ1) is 22.0. The lowest BCUT2D eigenvalue weighted by atomic mass is 9.66. The molecular formula is C33H26N2O2. The average Bonchev–Trinajstić information content (AvgIpc) is 3.24. The van der Waals surface area contributed by atoms with Crippen molar-refractivity contribution in [3.8, 4) is 22.6 Å². The van der Waals surface area contributed by atoms with E-state index in [9.17, 15) is 0 Å². The zero-order chi connectivity index (χ0) is 25.0. The van der Waals surface area contributed by atoms with Gasteiger partial charge in [-0.2, -0.15) is 0 Å². The Hall–Kier alpha value is -4.22. The zero-order valence-electron chi connectivity index (χ0n) is 20.2. The van der Waals surface area contributed by atoms with Gasteiger partial charge in [0.25, 0.3) is 0 Å². The summed E-state index contributed by atoms with van der Waals surface area (Å²) in [5.41, 5.74) is 21.2. The summed E-state index contributed by atoms with van der Waals surface area (Å²) in [6.07, 6.45) is -1.34. The summed E-state index contributed by atoms with van der Waals surface area (Å²) in [6, 6.07) is 41.5. The van der Waals surface area contributed by atoms with Gasteiger partial charge in [0.1, 0.15) is 24.0 Å². The Labute approximate surface area is 216 Å². The van der Waals surface area contributed by atoms with Gasteiger partial charge in [0, 0.05) is 11.1 Å². The van der Waals surface area contributed by atoms with Gasteiger partial charge in [0.15, 0.2) is 0 Å². The topological polar surface area (TPSA) is 70.5 Å². The number of hydrogen-bond acceptors (Lipinski definition) is 4. The van der Waals surface area contributed by atoms with Crippen LogP contribution in [-0.4, -0.2) is 0 Å². The van der Waals surface area contributed by atoms with Crippen molar-refractivity contribution >= 4 is 0 Å². The van der Waals surface area contributed by atoms with Gasteiger partial charge in [-0.05, 0) is 45.5 Å². The van der Waals surface area contributed by atoms with E-state index in [1.54, 1.807) is 0 Å². The molecule has 2 aliphatic rings. The molecule has 2 atom stereocenters. The predicted octanol–water partition coefficient (Wildman–Crippen LogP) is 6.79. The Morgan fingerprint density at radius 3 is 1.76 bits per heavy atom. The minimum Gasteiger partial charge on any atom is -0.457 e. The first-order chi connectivity index (χ1) is 18.2. The summed E-state index contributed by atoms with van der Waals surface area (Å²) in [6.45, 7) is 0. The monoisotopic (exact) mass is 482 g/mol. The van der Waals surface area contributed by atoms with E-state index in [-0.39, 0.29) is 0 Å². The number of para-hydroxylation sites is 1. The largest absolute Gasteiger partial charge is 0.457 e. The van der Waals surface area contributed by atoms with Crippen molar-refractivity contribution in [2.75, 3.05) is 0 Å². The first-order valence-corrected chi connectivity index (χ1v) is 12.5. The molecule has 0 saturated heterocycles. The highest BCUT2D eigenvalue weighted by atomic mass is 16.5. The summed E-state index contributed by atoms with van der Waals surface area (Å²) in [7, 11) is 0. The second kappa shape index (κ2) is 8.43. The van der Waals surface area contributed by atoms with E-state index >= 15 is 0 Å². The van der Waals surface area contributed by atoms with E-state index in [1.165, 1.54) is 22.3 Å². The van der Waals surface area contributed by atoms with Gasteiger partial charge in [-0.3, -0.25) is 0 Å². The van der Waals surface area contributed by atoms with E-state index < -0.39 is 17.9 Å². The number of fused-ring (bicyclic) bond motifs is 9. The van der Waals surface area contributed by atoms with E-state index in [0.29, 0.717) is 0 Å². The number of nitrogens with two attached hydrogens (primary N) is 2. The lowest BCUT2D eigenvalue weighted by molar-refractivity contribution is -0.00841. The summed E-state index contributed by atoms with van der Waals surface area (Å²) >= 11 is 0. The Balaban J connectivity index is 1.39. The number of benzene rings is 5. The summed E-state index contributed by atoms with van der Waals surface area (Å²) in [5, 5.41) is 0. The van der Waals surface area contributed by atoms with Crippen molar-refractivity contribution in [2.45, 2.75) is 17.9 Å². The van der Waals surface area contributed by atoms with Gasteiger partial charge in [0.05, 0.1) is 5.41 Å². The van der Waals surface area contributed by atoms with Crippen LogP contribution in [0.2, 0.25) is 0 Å². The fourth-order valence-corrected chi connectivity index (χ4v) is 6.01. The van der Waals surface area contributed by atoms with E-state index in [2.05, 4.69) is 66.7 Å². The molecule has 0 amide bonds. The third kappa shape index (κ3) is 3.20. The summed E-state index contributed by atoms with van der Waals surface area (Å²) in [4.78, 5) is 0. The third-order valence-electron chi connectivity index (χ3n) is 7.62. The molecule has 0 fully saturated rings. The predicted molar refractivity (Wildman–Crippen MR) is 145 cm³/mol. The molecule has 1 aliphatic heterocycles. The molecule has 4 nitrogen and oxygen atoms in total. The Bertz CT molecular complexity index is 1580. The molecule has 0 aromatic heterocycles. The van der Waals surface area contributed by atoms with Crippen molar-refractivity contribution in [3.63, 3.8) is 0 Å². The van der Waals surface area contributed by atoms with Crippen molar-refractivity contribution < 1.29 is 9.47 Å². The van der Waals surface area contributed by atoms with Gasteiger partial charge < -0.3 is 20.9 Å². The van der Waals surface area contributed by atoms with Crippen LogP contribution >= 0.6 is 0 Å². The Morgan fingerprint density at radius 2 is 1.05 bits per heavy atom. The fourth-order valence-electron chi connectivity index (χ4n) is 6.01. The van der Waals surface area contributed by atoms with Crippen LogP contribution < -0.4 is 16.2 Å². The highest BCUT2D eigenvalue weighted by Gasteiger charge is 2.50. The molecule has 5 aromatic carbocycles. The van der Waals surface area contributed by atoms with Gasteiger partial charge in [-0.15, -0.1) is 0 Å². The van der Waals surface area contributed by atoms with Crippen LogP contribution in [0.4, 0.5) is 0 Å². The first-order valence-electron chi connectivity index (χ1n) is 12.5. The van der Waals surface area contributed by atoms with Gasteiger partial charge in [-0.1, -0.05) is 109 Å². The maximum Gasteiger partial charge on any atom is 0.134 e. The van der Waals surface area contributed by atoms with E-state index in [4.69, 9.17) is 20.9 Å². The maximum atomic E-state index is 6.53. The average molecular weight is 483 g/mol. The van der Waals surface area contributed by atoms with Crippen molar-refractivity contribution in [1.29, 1.82) is 0 Å². The van der Waals surface area contributed by atoms with Crippen LogP contribution in [0.3, 0.4) is 0 Å². The lowest BCUT2D eigenvalue weighted by Crippen LogP contribution is -2.32. The van der Waals surface area contributed by atoms with Crippen LogP contribution in [0.1, 0.15) is 45.8 Å². The number of ether oxygens (including phenoxy) is 2. The van der Waals surface area contributed by atoms with Crippen molar-refractivity contribution in [1.82, 2.24) is 0 Å². The molecule has 4 N–H and O–H groups in total. The maximum absolute atomic E-state index is 6.53. The van der Waals surface area contributed by atoms with Crippen LogP contribution in [0.5, 0.6) is 11.5 Å². The molecule has 1 spiro atoms. The normalized spacial score (nSPS) is 15.6. The lowest BCUT2D eigenvalue weighted by Gasteiger charge is -2.39. The molecule has 4 heteroatoms. The quantitative estimate of drug-likeness (QED) is 0.271. The third-order valence-corrected chi connectivity index (χ3v) is 7.62. The highest BCUT2D eigenvalue weighted by molar-refractivity contribution is 5.88. The van der Waals surface area contributed by atoms with Gasteiger partial charge in [-0.25, -0.2) is 0 Å². The molecule has 0 saturated carbocycles. The number of hydrogen-bond donors (Lipinski definition) is 2. The standard InChI is InChI=1S/C33H26N2O2/c34-31(21-10-2-1-3-11-21)37-32(35)22-18-19-28-30(20-22)36-29-17-9-8-16-27(29)33(28)25-14-6-4-12-23(25)24-13-5-7-15-26(24)33/h1-20,31-32H,34-35H2. The van der Waals surface area contributed by atoms with Crippen LogP contribution in [0.25, 0.3) is 11.1 Å². The highest BCUT2D eigenvalue weighted by Crippen LogP contribution is 2.62. The van der Waals surface area contributed by atoms with Gasteiger partial charge in [0.2, 0.25) is 0 Å². The summed E-state index contributed by atoms with van der Waals surface area (Å²) in [5.74, 6) is 1.61. The van der Waals surface area contributed by atoms with Crippen LogP contribution in [-0.2, 0) is 10.2 Å². The fraction of sp³-hybridized carbons (Fsp3) is 0.0909. The minimum absolute atomic E-state index is 0.485. The van der Waals surface area contributed by atoms with E-state index in [0.717, 1.165) is 33.8 Å². The molecular weight excluding hydrogens is 456 g/mol. The van der Waals surface area contributed by atoms with Crippen molar-refractivity contribution in [3.05, 3.63) is 155 Å². The summed E-state index contributed by atoms with van der Waals surface area (Å²) < 4.78 is 12.5. The molecule has 1 aliphatic carbocycles. The number of rotatable bonds is 4. The van der Waals surface area contributed by atoms with E-state index in [1.807, 2.05) is 54.6 Å². The Kier molecular flexibility index (Phi) is 5.01. The molecule has 180 valence electrons. The molecule has 2 unspecified atom stereocenters. The molecule has 1 heterocycles. The second-order valence-corrected chi connectivity index (χ2v) is 9.58. The smallest absolute Gasteiger partial charge is 0.134 e. The Morgan fingerprint density at radius 1 is 0.514 bits per heavy atom. The zero-order valence-corrected chi connectivity index (χ0v) is 20.2. The molecule has 37 heavy (non-hydrogen) atoms.